The molecule has 0 saturated carbocycles. The highest BCUT2D eigenvalue weighted by molar-refractivity contribution is 6.04. The van der Waals surface area contributed by atoms with Gasteiger partial charge in [0, 0.05) is 18.0 Å². The van der Waals surface area contributed by atoms with Crippen molar-refractivity contribution in [2.24, 2.45) is 0 Å². The lowest BCUT2D eigenvalue weighted by Crippen LogP contribution is -2.12. The van der Waals surface area contributed by atoms with Crippen molar-refractivity contribution in [2.75, 3.05) is 5.32 Å². The van der Waals surface area contributed by atoms with Crippen molar-refractivity contribution in [3.63, 3.8) is 0 Å². The molecule has 0 radical (unpaired) electrons. The van der Waals surface area contributed by atoms with Gasteiger partial charge >= 0.3 is 0 Å². The average molecular weight is 327 g/mol. The SMILES string of the molecule is Cl.O=C(Nc1ccccc1Oc1ccccc1)c1ccncc1. The van der Waals surface area contributed by atoms with E-state index in [1.807, 2.05) is 48.5 Å². The molecule has 0 unspecified atom stereocenters. The third-order valence-electron chi connectivity index (χ3n) is 3.05. The first-order valence-electron chi connectivity index (χ1n) is 6.86. The Labute approximate surface area is 140 Å². The van der Waals surface area contributed by atoms with E-state index in [4.69, 9.17) is 4.74 Å². The van der Waals surface area contributed by atoms with Crippen LogP contribution in [0.2, 0.25) is 0 Å². The molecule has 2 aromatic carbocycles. The first-order chi connectivity index (χ1) is 10.8. The number of anilines is 1. The van der Waals surface area contributed by atoms with Gasteiger partial charge in [-0.05, 0) is 36.4 Å². The molecular weight excluding hydrogens is 312 g/mol. The Balaban J connectivity index is 0.00000192. The second-order valence-corrected chi connectivity index (χ2v) is 4.60. The molecule has 0 saturated heterocycles. The minimum atomic E-state index is -0.202. The van der Waals surface area contributed by atoms with Crippen molar-refractivity contribution in [1.29, 1.82) is 0 Å². The number of aromatic nitrogens is 1. The number of carbonyl (C=O) groups excluding carboxylic acids is 1. The number of hydrogen-bond donors (Lipinski definition) is 1. The van der Waals surface area contributed by atoms with Crippen molar-refractivity contribution in [2.45, 2.75) is 0 Å². The summed E-state index contributed by atoms with van der Waals surface area (Å²) in [6.45, 7) is 0. The van der Waals surface area contributed by atoms with E-state index in [1.54, 1.807) is 30.6 Å². The standard InChI is InChI=1S/C18H14N2O2.ClH/c21-18(14-10-12-19-13-11-14)20-16-8-4-5-9-17(16)22-15-6-2-1-3-7-15;/h1-13H,(H,20,21);1H. The summed E-state index contributed by atoms with van der Waals surface area (Å²) < 4.78 is 5.82. The Morgan fingerprint density at radius 2 is 1.52 bits per heavy atom. The van der Waals surface area contributed by atoms with E-state index in [-0.39, 0.29) is 18.3 Å². The second kappa shape index (κ2) is 7.96. The molecule has 116 valence electrons. The zero-order valence-electron chi connectivity index (χ0n) is 12.2. The molecular formula is C18H15ClN2O2. The number of benzene rings is 2. The summed E-state index contributed by atoms with van der Waals surface area (Å²) >= 11 is 0. The largest absolute Gasteiger partial charge is 0.455 e. The molecule has 1 aromatic heterocycles. The molecule has 0 aliphatic heterocycles. The van der Waals surface area contributed by atoms with Gasteiger partial charge in [0.15, 0.2) is 5.75 Å². The van der Waals surface area contributed by atoms with Gasteiger partial charge in [-0.15, -0.1) is 12.4 Å². The fourth-order valence-electron chi connectivity index (χ4n) is 1.97. The summed E-state index contributed by atoms with van der Waals surface area (Å²) in [5, 5.41) is 2.86. The van der Waals surface area contributed by atoms with Gasteiger partial charge in [0.05, 0.1) is 5.69 Å². The van der Waals surface area contributed by atoms with E-state index < -0.39 is 0 Å². The Hall–Kier alpha value is -2.85. The molecule has 3 rings (SSSR count). The maximum Gasteiger partial charge on any atom is 0.255 e. The summed E-state index contributed by atoms with van der Waals surface area (Å²) in [5.74, 6) is 1.11. The van der Waals surface area contributed by atoms with Gasteiger partial charge in [0.25, 0.3) is 5.91 Å². The zero-order valence-corrected chi connectivity index (χ0v) is 13.0. The van der Waals surface area contributed by atoms with Crippen molar-refractivity contribution < 1.29 is 9.53 Å². The number of halogens is 1. The summed E-state index contributed by atoms with van der Waals surface area (Å²) in [5.41, 5.74) is 1.16. The Kier molecular flexibility index (Phi) is 5.72. The third kappa shape index (κ3) is 4.31. The predicted octanol–water partition coefficient (Wildman–Crippen LogP) is 4.55. The molecule has 0 aliphatic carbocycles. The first kappa shape index (κ1) is 16.5. The van der Waals surface area contributed by atoms with Gasteiger partial charge < -0.3 is 10.1 Å². The fraction of sp³-hybridized carbons (Fsp3) is 0. The number of nitrogens with zero attached hydrogens (tertiary/aromatic N) is 1. The van der Waals surface area contributed by atoms with E-state index in [2.05, 4.69) is 10.3 Å². The number of para-hydroxylation sites is 3. The molecule has 0 fully saturated rings. The van der Waals surface area contributed by atoms with Gasteiger partial charge in [0.1, 0.15) is 5.75 Å². The smallest absolute Gasteiger partial charge is 0.255 e. The highest BCUT2D eigenvalue weighted by Crippen LogP contribution is 2.29. The highest BCUT2D eigenvalue weighted by Gasteiger charge is 2.10. The predicted molar refractivity (Wildman–Crippen MR) is 92.4 cm³/mol. The molecule has 0 atom stereocenters. The molecule has 1 amide bonds. The molecule has 1 heterocycles. The van der Waals surface area contributed by atoms with Crippen LogP contribution in [0.5, 0.6) is 11.5 Å². The van der Waals surface area contributed by atoms with Crippen molar-refractivity contribution in [3.05, 3.63) is 84.7 Å². The lowest BCUT2D eigenvalue weighted by molar-refractivity contribution is 0.102. The van der Waals surface area contributed by atoms with E-state index in [0.29, 0.717) is 22.7 Å². The topological polar surface area (TPSA) is 51.2 Å². The Morgan fingerprint density at radius 3 is 2.26 bits per heavy atom. The van der Waals surface area contributed by atoms with Gasteiger partial charge in [-0.1, -0.05) is 30.3 Å². The minimum absolute atomic E-state index is 0. The fourth-order valence-corrected chi connectivity index (χ4v) is 1.97. The van der Waals surface area contributed by atoms with E-state index in [9.17, 15) is 4.79 Å². The number of pyridine rings is 1. The van der Waals surface area contributed by atoms with Crippen LogP contribution in [0.4, 0.5) is 5.69 Å². The van der Waals surface area contributed by atoms with Crippen LogP contribution < -0.4 is 10.1 Å². The van der Waals surface area contributed by atoms with Crippen LogP contribution in [-0.2, 0) is 0 Å². The number of rotatable bonds is 4. The Morgan fingerprint density at radius 1 is 0.870 bits per heavy atom. The summed E-state index contributed by atoms with van der Waals surface area (Å²) in [6, 6.07) is 20.1. The van der Waals surface area contributed by atoms with Crippen molar-refractivity contribution in [3.8, 4) is 11.5 Å². The zero-order chi connectivity index (χ0) is 15.2. The molecule has 4 nitrogen and oxygen atoms in total. The average Bonchev–Trinajstić information content (AvgIpc) is 2.58. The van der Waals surface area contributed by atoms with Gasteiger partial charge in [0.2, 0.25) is 0 Å². The maximum atomic E-state index is 12.2. The maximum absolute atomic E-state index is 12.2. The molecule has 0 spiro atoms. The van der Waals surface area contributed by atoms with Gasteiger partial charge in [-0.3, -0.25) is 9.78 Å². The van der Waals surface area contributed by atoms with E-state index in [0.717, 1.165) is 0 Å². The van der Waals surface area contributed by atoms with Crippen LogP contribution in [0.1, 0.15) is 10.4 Å². The minimum Gasteiger partial charge on any atom is -0.455 e. The van der Waals surface area contributed by atoms with Crippen LogP contribution in [-0.4, -0.2) is 10.9 Å². The lowest BCUT2D eigenvalue weighted by Gasteiger charge is -2.12. The van der Waals surface area contributed by atoms with E-state index >= 15 is 0 Å². The molecule has 0 bridgehead atoms. The molecule has 0 aliphatic rings. The van der Waals surface area contributed by atoms with Crippen molar-refractivity contribution in [1.82, 2.24) is 4.98 Å². The quantitative estimate of drug-likeness (QED) is 0.765. The summed E-state index contributed by atoms with van der Waals surface area (Å²) in [7, 11) is 0. The first-order valence-corrected chi connectivity index (χ1v) is 6.86. The number of ether oxygens (including phenoxy) is 1. The van der Waals surface area contributed by atoms with Gasteiger partial charge in [-0.25, -0.2) is 0 Å². The Bertz CT molecular complexity index is 764. The monoisotopic (exact) mass is 326 g/mol. The molecule has 1 N–H and O–H groups in total. The molecule has 23 heavy (non-hydrogen) atoms. The van der Waals surface area contributed by atoms with Crippen LogP contribution in [0.3, 0.4) is 0 Å². The number of carbonyl (C=O) groups is 1. The van der Waals surface area contributed by atoms with Crippen molar-refractivity contribution >= 4 is 24.0 Å². The van der Waals surface area contributed by atoms with Gasteiger partial charge in [-0.2, -0.15) is 0 Å². The summed E-state index contributed by atoms with van der Waals surface area (Å²) in [4.78, 5) is 16.1. The van der Waals surface area contributed by atoms with E-state index in [1.165, 1.54) is 0 Å². The third-order valence-corrected chi connectivity index (χ3v) is 3.05. The number of hydrogen-bond acceptors (Lipinski definition) is 3. The lowest BCUT2D eigenvalue weighted by atomic mass is 10.2. The normalized spacial score (nSPS) is 9.57. The number of nitrogens with one attached hydrogen (secondary N) is 1. The van der Waals surface area contributed by atoms with Crippen LogP contribution in [0, 0.1) is 0 Å². The van der Waals surface area contributed by atoms with Crippen LogP contribution >= 0.6 is 12.4 Å². The highest BCUT2D eigenvalue weighted by atomic mass is 35.5. The summed E-state index contributed by atoms with van der Waals surface area (Å²) in [6.07, 6.45) is 3.17. The van der Waals surface area contributed by atoms with Crippen LogP contribution in [0.25, 0.3) is 0 Å². The number of amides is 1. The molecule has 5 heteroatoms. The van der Waals surface area contributed by atoms with Crippen LogP contribution in [0.15, 0.2) is 79.1 Å². The second-order valence-electron chi connectivity index (χ2n) is 4.60. The molecule has 3 aromatic rings.